The van der Waals surface area contributed by atoms with E-state index in [1.165, 1.54) is 11.5 Å². The Balaban J connectivity index is 1.87. The number of amides is 1. The van der Waals surface area contributed by atoms with E-state index in [-0.39, 0.29) is 11.8 Å². The first-order valence-electron chi connectivity index (χ1n) is 5.52. The van der Waals surface area contributed by atoms with Crippen molar-refractivity contribution in [3.63, 3.8) is 0 Å². The molecule has 0 aliphatic carbocycles. The summed E-state index contributed by atoms with van der Waals surface area (Å²) in [5, 5.41) is 4.03. The third-order valence-corrected chi connectivity index (χ3v) is 4.24. The fourth-order valence-corrected chi connectivity index (χ4v) is 3.40. The average Bonchev–Trinajstić information content (AvgIpc) is 2.86. The molecule has 0 spiro atoms. The van der Waals surface area contributed by atoms with Crippen LogP contribution in [0.25, 0.3) is 0 Å². The molecule has 0 bridgehead atoms. The minimum Gasteiger partial charge on any atom is -0.383 e. The van der Waals surface area contributed by atoms with Crippen LogP contribution in [-0.2, 0) is 4.79 Å². The van der Waals surface area contributed by atoms with Crippen LogP contribution < -0.4 is 16.0 Å². The third kappa shape index (κ3) is 1.44. The van der Waals surface area contributed by atoms with Gasteiger partial charge in [-0.1, -0.05) is 0 Å². The van der Waals surface area contributed by atoms with Crippen LogP contribution in [0.4, 0.5) is 10.8 Å². The lowest BCUT2D eigenvalue weighted by molar-refractivity contribution is -0.122. The summed E-state index contributed by atoms with van der Waals surface area (Å²) in [5.41, 5.74) is 5.64. The van der Waals surface area contributed by atoms with E-state index in [1.54, 1.807) is 0 Å². The predicted octanol–water partition coefficient (Wildman–Crippen LogP) is 0.440. The molecule has 16 heavy (non-hydrogen) atoms. The number of carbonyl (C=O) groups excluding carboxylic acids is 1. The van der Waals surface area contributed by atoms with E-state index >= 15 is 0 Å². The van der Waals surface area contributed by atoms with Crippen LogP contribution in [0, 0.1) is 5.92 Å². The molecule has 1 aromatic heterocycles. The summed E-state index contributed by atoms with van der Waals surface area (Å²) in [6.45, 7) is 1.75. The lowest BCUT2D eigenvalue weighted by Gasteiger charge is -2.36. The molecule has 1 amide bonds. The fraction of sp³-hybridized carbons (Fsp3) is 0.600. The first-order chi connectivity index (χ1) is 7.75. The highest BCUT2D eigenvalue weighted by Crippen LogP contribution is 2.34. The van der Waals surface area contributed by atoms with Crippen molar-refractivity contribution in [3.05, 3.63) is 6.07 Å². The summed E-state index contributed by atoms with van der Waals surface area (Å²) in [4.78, 5) is 13.9. The minimum atomic E-state index is 0.150. The molecule has 2 aliphatic heterocycles. The van der Waals surface area contributed by atoms with Gasteiger partial charge in [0.2, 0.25) is 5.91 Å². The molecule has 0 aromatic carbocycles. The van der Waals surface area contributed by atoms with Crippen molar-refractivity contribution in [3.8, 4) is 0 Å². The number of nitrogens with two attached hydrogens (primary N) is 1. The quantitative estimate of drug-likeness (QED) is 0.744. The summed E-state index contributed by atoms with van der Waals surface area (Å²) < 4.78 is 4.10. The molecule has 2 fully saturated rings. The van der Waals surface area contributed by atoms with Crippen LogP contribution >= 0.6 is 11.5 Å². The number of hydrogen-bond donors (Lipinski definition) is 2. The standard InChI is InChI=1S/C10H14N4OS/c11-8-4-9(16-13-8)14-3-1-2-6-7(14)5-12-10(6)15/h4,6-7H,1-3,5H2,(H2,11,13)(H,12,15). The summed E-state index contributed by atoms with van der Waals surface area (Å²) in [5.74, 6) is 0.920. The Labute approximate surface area is 97.8 Å². The van der Waals surface area contributed by atoms with Crippen LogP contribution in [0.15, 0.2) is 6.07 Å². The Kier molecular flexibility index (Phi) is 2.24. The maximum Gasteiger partial charge on any atom is 0.225 e. The van der Waals surface area contributed by atoms with Gasteiger partial charge in [-0.25, -0.2) is 0 Å². The van der Waals surface area contributed by atoms with Crippen molar-refractivity contribution in [1.29, 1.82) is 0 Å². The Hall–Kier alpha value is -1.30. The molecule has 3 heterocycles. The molecule has 1 aromatic rings. The van der Waals surface area contributed by atoms with E-state index in [1.807, 2.05) is 6.07 Å². The van der Waals surface area contributed by atoms with Crippen LogP contribution in [0.2, 0.25) is 0 Å². The molecular formula is C10H14N4OS. The highest BCUT2D eigenvalue weighted by Gasteiger charge is 2.41. The molecule has 2 saturated heterocycles. The number of nitrogens with one attached hydrogen (secondary N) is 1. The summed E-state index contributed by atoms with van der Waals surface area (Å²) >= 11 is 1.42. The predicted molar refractivity (Wildman–Crippen MR) is 63.4 cm³/mol. The van der Waals surface area contributed by atoms with E-state index in [4.69, 9.17) is 5.73 Å². The van der Waals surface area contributed by atoms with Gasteiger partial charge in [-0.05, 0) is 24.4 Å². The fourth-order valence-electron chi connectivity index (χ4n) is 2.64. The molecular weight excluding hydrogens is 224 g/mol. The lowest BCUT2D eigenvalue weighted by Crippen LogP contribution is -2.45. The second-order valence-electron chi connectivity index (χ2n) is 4.34. The maximum absolute atomic E-state index is 11.6. The zero-order valence-corrected chi connectivity index (χ0v) is 9.67. The SMILES string of the molecule is Nc1cc(N2CCCC3C(=O)NCC32)sn1. The van der Waals surface area contributed by atoms with Gasteiger partial charge in [0.25, 0.3) is 0 Å². The van der Waals surface area contributed by atoms with E-state index in [0.29, 0.717) is 11.9 Å². The maximum atomic E-state index is 11.6. The number of hydrogen-bond acceptors (Lipinski definition) is 5. The summed E-state index contributed by atoms with van der Waals surface area (Å²) in [7, 11) is 0. The number of nitrogens with zero attached hydrogens (tertiary/aromatic N) is 2. The Morgan fingerprint density at radius 3 is 3.25 bits per heavy atom. The van der Waals surface area contributed by atoms with Gasteiger partial charge in [-0.3, -0.25) is 4.79 Å². The molecule has 6 heteroatoms. The van der Waals surface area contributed by atoms with Crippen LogP contribution in [0.3, 0.4) is 0 Å². The lowest BCUT2D eigenvalue weighted by atomic mass is 9.92. The Bertz CT molecular complexity index is 419. The topological polar surface area (TPSA) is 71.2 Å². The zero-order valence-electron chi connectivity index (χ0n) is 8.85. The van der Waals surface area contributed by atoms with Gasteiger partial charge in [0.15, 0.2) is 0 Å². The Morgan fingerprint density at radius 2 is 2.50 bits per heavy atom. The summed E-state index contributed by atoms with van der Waals surface area (Å²) in [6, 6.07) is 2.19. The molecule has 3 N–H and O–H groups in total. The highest BCUT2D eigenvalue weighted by atomic mass is 32.1. The number of nitrogen functional groups attached to an aromatic ring is 1. The number of carbonyl (C=O) groups is 1. The number of piperidine rings is 1. The normalized spacial score (nSPS) is 29.0. The van der Waals surface area contributed by atoms with Crippen LogP contribution in [0.5, 0.6) is 0 Å². The smallest absolute Gasteiger partial charge is 0.225 e. The second-order valence-corrected chi connectivity index (χ2v) is 5.13. The third-order valence-electron chi connectivity index (χ3n) is 3.40. The van der Waals surface area contributed by atoms with Crippen molar-refractivity contribution in [1.82, 2.24) is 9.69 Å². The molecule has 2 unspecified atom stereocenters. The molecule has 2 aliphatic rings. The highest BCUT2D eigenvalue weighted by molar-refractivity contribution is 7.10. The van der Waals surface area contributed by atoms with Gasteiger partial charge in [-0.15, -0.1) is 0 Å². The number of rotatable bonds is 1. The van der Waals surface area contributed by atoms with E-state index < -0.39 is 0 Å². The number of aromatic nitrogens is 1. The largest absolute Gasteiger partial charge is 0.383 e. The molecule has 0 radical (unpaired) electrons. The first kappa shape index (κ1) is 9.89. The van der Waals surface area contributed by atoms with Crippen molar-refractivity contribution >= 4 is 28.3 Å². The van der Waals surface area contributed by atoms with E-state index in [2.05, 4.69) is 14.6 Å². The Morgan fingerprint density at radius 1 is 1.62 bits per heavy atom. The number of fused-ring (bicyclic) bond motifs is 1. The van der Waals surface area contributed by atoms with Crippen molar-refractivity contribution < 1.29 is 4.79 Å². The summed E-state index contributed by atoms with van der Waals surface area (Å²) in [6.07, 6.45) is 2.06. The van der Waals surface area contributed by atoms with Gasteiger partial charge in [-0.2, -0.15) is 4.37 Å². The molecule has 2 atom stereocenters. The molecule has 0 saturated carbocycles. The molecule has 3 rings (SSSR count). The van der Waals surface area contributed by atoms with E-state index in [0.717, 1.165) is 30.9 Å². The van der Waals surface area contributed by atoms with Crippen molar-refractivity contribution in [2.24, 2.45) is 5.92 Å². The minimum absolute atomic E-state index is 0.150. The number of anilines is 2. The van der Waals surface area contributed by atoms with Gasteiger partial charge in [0, 0.05) is 19.2 Å². The first-order valence-corrected chi connectivity index (χ1v) is 6.29. The second kappa shape index (κ2) is 3.62. The van der Waals surface area contributed by atoms with Crippen molar-refractivity contribution in [2.45, 2.75) is 18.9 Å². The van der Waals surface area contributed by atoms with Gasteiger partial charge in [0.05, 0.1) is 12.0 Å². The van der Waals surface area contributed by atoms with Gasteiger partial charge < -0.3 is 16.0 Å². The van der Waals surface area contributed by atoms with Gasteiger partial charge >= 0.3 is 0 Å². The van der Waals surface area contributed by atoms with Crippen molar-refractivity contribution in [2.75, 3.05) is 23.7 Å². The van der Waals surface area contributed by atoms with Gasteiger partial charge in [0.1, 0.15) is 10.8 Å². The average molecular weight is 238 g/mol. The van der Waals surface area contributed by atoms with Crippen LogP contribution in [0.1, 0.15) is 12.8 Å². The zero-order chi connectivity index (χ0) is 11.1. The van der Waals surface area contributed by atoms with Crippen LogP contribution in [-0.4, -0.2) is 29.4 Å². The van der Waals surface area contributed by atoms with E-state index in [9.17, 15) is 4.79 Å². The monoisotopic (exact) mass is 238 g/mol. The molecule has 5 nitrogen and oxygen atoms in total. The molecule has 86 valence electrons.